The molecule has 0 aliphatic heterocycles. The Hall–Kier alpha value is -1.92. The molecule has 4 nitrogen and oxygen atoms in total. The van der Waals surface area contributed by atoms with Crippen molar-refractivity contribution in [3.8, 4) is 0 Å². The van der Waals surface area contributed by atoms with Gasteiger partial charge in [0.1, 0.15) is 0 Å². The number of sulfonamides is 1. The highest BCUT2D eigenvalue weighted by molar-refractivity contribution is 7.89. The molecule has 0 saturated heterocycles. The fraction of sp³-hybridized carbons (Fsp3) is 0.0714. The molecule has 104 valence electrons. The number of hydrogen-bond acceptors (Lipinski definition) is 4. The van der Waals surface area contributed by atoms with Crippen molar-refractivity contribution in [2.75, 3.05) is 0 Å². The predicted octanol–water partition coefficient (Wildman–Crippen LogP) is 3.03. The third-order valence-corrected chi connectivity index (χ3v) is 4.54. The Labute approximate surface area is 122 Å². The Bertz CT molecular complexity index is 700. The topological polar surface area (TPSA) is 58.5 Å². The minimum atomic E-state index is -3.59. The lowest BCUT2D eigenvalue weighted by Gasteiger charge is -2.02. The van der Waals surface area contributed by atoms with Crippen LogP contribution in [-0.4, -0.2) is 14.6 Å². The molecule has 20 heavy (non-hydrogen) atoms. The molecule has 0 unspecified atom stereocenters. The second-order valence-electron chi connectivity index (χ2n) is 4.06. The summed E-state index contributed by atoms with van der Waals surface area (Å²) in [6.45, 7) is 1.90. The third kappa shape index (κ3) is 4.04. The van der Waals surface area contributed by atoms with Crippen LogP contribution in [0.3, 0.4) is 0 Å². The van der Waals surface area contributed by atoms with Crippen molar-refractivity contribution < 1.29 is 8.42 Å². The van der Waals surface area contributed by atoms with Gasteiger partial charge in [-0.1, -0.05) is 23.8 Å². The molecule has 1 N–H and O–H groups in total. The van der Waals surface area contributed by atoms with Crippen molar-refractivity contribution in [1.29, 1.82) is 0 Å². The van der Waals surface area contributed by atoms with Gasteiger partial charge in [-0.25, -0.2) is 4.83 Å². The molecule has 0 spiro atoms. The predicted molar refractivity (Wildman–Crippen MR) is 83.3 cm³/mol. The SMILES string of the molecule is Cc1ccc(S(=O)(=O)N/N=C\C=C\c2cccs2)cc1. The lowest BCUT2D eigenvalue weighted by atomic mass is 10.2. The normalized spacial score (nSPS) is 12.2. The van der Waals surface area contributed by atoms with Crippen LogP contribution in [0.1, 0.15) is 10.4 Å². The van der Waals surface area contributed by atoms with E-state index in [4.69, 9.17) is 0 Å². The standard InChI is InChI=1S/C14H14N2O2S2/c1-12-6-8-14(9-7-12)20(17,18)16-15-10-2-4-13-5-3-11-19-13/h2-11,16H,1H3/b4-2+,15-10-. The zero-order chi connectivity index (χ0) is 14.4. The maximum atomic E-state index is 11.9. The molecule has 0 aliphatic carbocycles. The van der Waals surface area contributed by atoms with Crippen LogP contribution in [0.2, 0.25) is 0 Å². The first-order chi connectivity index (χ1) is 9.58. The molecule has 0 amide bonds. The summed E-state index contributed by atoms with van der Waals surface area (Å²) in [5.41, 5.74) is 1.01. The van der Waals surface area contributed by atoms with E-state index in [0.29, 0.717) is 0 Å². The molecule has 0 atom stereocenters. The van der Waals surface area contributed by atoms with Crippen LogP contribution in [0, 0.1) is 6.92 Å². The summed E-state index contributed by atoms with van der Waals surface area (Å²) in [5.74, 6) is 0. The van der Waals surface area contributed by atoms with Gasteiger partial charge in [-0.15, -0.1) is 11.3 Å². The maximum absolute atomic E-state index is 11.9. The molecule has 0 radical (unpaired) electrons. The highest BCUT2D eigenvalue weighted by Crippen LogP contribution is 2.10. The third-order valence-electron chi connectivity index (χ3n) is 2.47. The van der Waals surface area contributed by atoms with Crippen LogP contribution in [0.25, 0.3) is 6.08 Å². The molecule has 0 bridgehead atoms. The van der Waals surface area contributed by atoms with E-state index in [9.17, 15) is 8.42 Å². The van der Waals surface area contributed by atoms with Gasteiger partial charge in [-0.3, -0.25) is 0 Å². The molecule has 0 aliphatic rings. The molecular weight excluding hydrogens is 292 g/mol. The van der Waals surface area contributed by atoms with Crippen molar-refractivity contribution in [3.05, 3.63) is 58.3 Å². The minimum Gasteiger partial charge on any atom is -0.200 e. The number of aryl methyl sites for hydroxylation is 1. The Morgan fingerprint density at radius 1 is 1.20 bits per heavy atom. The number of hydrogen-bond donors (Lipinski definition) is 1. The van der Waals surface area contributed by atoms with E-state index in [2.05, 4.69) is 9.93 Å². The average molecular weight is 306 g/mol. The van der Waals surface area contributed by atoms with Crippen LogP contribution in [-0.2, 0) is 10.0 Å². The highest BCUT2D eigenvalue weighted by atomic mass is 32.2. The highest BCUT2D eigenvalue weighted by Gasteiger charge is 2.11. The first kappa shape index (κ1) is 14.5. The number of hydrazone groups is 1. The monoisotopic (exact) mass is 306 g/mol. The fourth-order valence-corrected chi connectivity index (χ4v) is 2.86. The van der Waals surface area contributed by atoms with E-state index in [1.54, 1.807) is 41.7 Å². The van der Waals surface area contributed by atoms with Gasteiger partial charge in [-0.05, 0) is 42.7 Å². The quantitative estimate of drug-likeness (QED) is 0.682. The number of benzene rings is 1. The molecule has 1 aromatic carbocycles. The van der Waals surface area contributed by atoms with Gasteiger partial charge in [0, 0.05) is 11.1 Å². The number of thiophene rings is 1. The maximum Gasteiger partial charge on any atom is 0.276 e. The van der Waals surface area contributed by atoms with Gasteiger partial charge >= 0.3 is 0 Å². The van der Waals surface area contributed by atoms with Crippen molar-refractivity contribution >= 4 is 33.7 Å². The molecule has 0 fully saturated rings. The van der Waals surface area contributed by atoms with E-state index in [0.717, 1.165) is 10.4 Å². The zero-order valence-corrected chi connectivity index (χ0v) is 12.5. The number of rotatable bonds is 5. The number of allylic oxidation sites excluding steroid dienone is 1. The summed E-state index contributed by atoms with van der Waals surface area (Å²) in [4.78, 5) is 3.45. The van der Waals surface area contributed by atoms with E-state index in [-0.39, 0.29) is 4.90 Å². The Morgan fingerprint density at radius 3 is 2.60 bits per heavy atom. The van der Waals surface area contributed by atoms with E-state index >= 15 is 0 Å². The average Bonchev–Trinajstić information content (AvgIpc) is 2.92. The molecular formula is C14H14N2O2S2. The molecule has 1 aromatic heterocycles. The largest absolute Gasteiger partial charge is 0.276 e. The molecule has 6 heteroatoms. The van der Waals surface area contributed by atoms with Crippen LogP contribution in [0.5, 0.6) is 0 Å². The Balaban J connectivity index is 1.97. The Kier molecular flexibility index (Phi) is 4.70. The van der Waals surface area contributed by atoms with Crippen LogP contribution >= 0.6 is 11.3 Å². The molecule has 2 aromatic rings. The Morgan fingerprint density at radius 2 is 1.95 bits per heavy atom. The first-order valence-electron chi connectivity index (χ1n) is 5.90. The molecule has 2 rings (SSSR count). The zero-order valence-electron chi connectivity index (χ0n) is 10.9. The van der Waals surface area contributed by atoms with Crippen LogP contribution in [0.15, 0.2) is 57.9 Å². The number of nitrogens with zero attached hydrogens (tertiary/aromatic N) is 1. The fourth-order valence-electron chi connectivity index (χ4n) is 1.44. The summed E-state index contributed by atoms with van der Waals surface area (Å²) < 4.78 is 23.8. The van der Waals surface area contributed by atoms with Crippen molar-refractivity contribution in [1.82, 2.24) is 4.83 Å². The van der Waals surface area contributed by atoms with Gasteiger partial charge in [0.2, 0.25) is 0 Å². The van der Waals surface area contributed by atoms with E-state index in [1.165, 1.54) is 6.21 Å². The smallest absolute Gasteiger partial charge is 0.200 e. The van der Waals surface area contributed by atoms with Crippen molar-refractivity contribution in [3.63, 3.8) is 0 Å². The van der Waals surface area contributed by atoms with Gasteiger partial charge < -0.3 is 0 Å². The van der Waals surface area contributed by atoms with Gasteiger partial charge in [0.15, 0.2) is 0 Å². The van der Waals surface area contributed by atoms with Crippen LogP contribution < -0.4 is 4.83 Å². The van der Waals surface area contributed by atoms with E-state index < -0.39 is 10.0 Å². The van der Waals surface area contributed by atoms with Crippen molar-refractivity contribution in [2.45, 2.75) is 11.8 Å². The summed E-state index contributed by atoms with van der Waals surface area (Å²) in [5, 5.41) is 5.67. The van der Waals surface area contributed by atoms with Crippen LogP contribution in [0.4, 0.5) is 0 Å². The lowest BCUT2D eigenvalue weighted by molar-refractivity contribution is 0.584. The molecule has 0 saturated carbocycles. The van der Waals surface area contributed by atoms with Crippen molar-refractivity contribution in [2.24, 2.45) is 5.10 Å². The van der Waals surface area contributed by atoms with Gasteiger partial charge in [0.05, 0.1) is 4.90 Å². The second-order valence-corrected chi connectivity index (χ2v) is 6.70. The number of nitrogens with one attached hydrogen (secondary N) is 1. The summed E-state index contributed by atoms with van der Waals surface area (Å²) in [6, 6.07) is 10.5. The minimum absolute atomic E-state index is 0.197. The summed E-state index contributed by atoms with van der Waals surface area (Å²) in [6.07, 6.45) is 4.95. The van der Waals surface area contributed by atoms with Gasteiger partial charge in [0.25, 0.3) is 10.0 Å². The second kappa shape index (κ2) is 6.49. The van der Waals surface area contributed by atoms with E-state index in [1.807, 2.05) is 30.5 Å². The molecule has 1 heterocycles. The summed E-state index contributed by atoms with van der Waals surface area (Å²) in [7, 11) is -3.59. The van der Waals surface area contributed by atoms with Gasteiger partial charge in [-0.2, -0.15) is 13.5 Å². The summed E-state index contributed by atoms with van der Waals surface area (Å²) >= 11 is 1.60. The lowest BCUT2D eigenvalue weighted by Crippen LogP contribution is -2.17. The first-order valence-corrected chi connectivity index (χ1v) is 8.26.